The molecule has 20 heavy (non-hydrogen) atoms. The van der Waals surface area contributed by atoms with Gasteiger partial charge in [-0.05, 0) is 25.1 Å². The van der Waals surface area contributed by atoms with Gasteiger partial charge < -0.3 is 0 Å². The molecule has 1 heterocycles. The van der Waals surface area contributed by atoms with Crippen molar-refractivity contribution in [3.63, 3.8) is 0 Å². The third-order valence-corrected chi connectivity index (χ3v) is 3.57. The molecule has 0 atom stereocenters. The maximum absolute atomic E-state index is 13.9. The summed E-state index contributed by atoms with van der Waals surface area (Å²) in [5.74, 6) is -0.0880. The van der Waals surface area contributed by atoms with Gasteiger partial charge >= 0.3 is 0 Å². The minimum Gasteiger partial charge on any atom is -0.225 e. The Bertz CT molecular complexity index is 818. The summed E-state index contributed by atoms with van der Waals surface area (Å²) < 4.78 is 13.9. The number of nitrogens with zero attached hydrogens (tertiary/aromatic N) is 2. The number of hydrogen-bond donors (Lipinski definition) is 0. The van der Waals surface area contributed by atoms with Crippen molar-refractivity contribution < 1.29 is 4.39 Å². The molecule has 0 spiro atoms. The maximum Gasteiger partial charge on any atom is 0.161 e. The lowest BCUT2D eigenvalue weighted by molar-refractivity contribution is 0.636. The van der Waals surface area contributed by atoms with Crippen molar-refractivity contribution in [3.05, 3.63) is 58.0 Å². The molecule has 0 unspecified atom stereocenters. The Hall–Kier alpha value is -1.71. The molecule has 0 bridgehead atoms. The summed E-state index contributed by atoms with van der Waals surface area (Å²) in [6.45, 7) is 1.96. The first-order valence-electron chi connectivity index (χ1n) is 5.94. The van der Waals surface area contributed by atoms with Crippen LogP contribution in [0.1, 0.15) is 5.56 Å². The monoisotopic (exact) mass is 306 g/mol. The van der Waals surface area contributed by atoms with Crippen molar-refractivity contribution in [2.45, 2.75) is 6.92 Å². The smallest absolute Gasteiger partial charge is 0.161 e. The fourth-order valence-corrected chi connectivity index (χ4v) is 2.60. The SMILES string of the molecule is Cc1cccc(-c2nc(Cl)c3c(Cl)ccc(F)c3n2)c1. The van der Waals surface area contributed by atoms with Gasteiger partial charge in [0.1, 0.15) is 16.5 Å². The molecule has 0 saturated carbocycles. The Kier molecular flexibility index (Phi) is 3.32. The van der Waals surface area contributed by atoms with E-state index in [2.05, 4.69) is 9.97 Å². The molecule has 0 saturated heterocycles. The number of aromatic nitrogens is 2. The van der Waals surface area contributed by atoms with Crippen molar-refractivity contribution in [2.75, 3.05) is 0 Å². The van der Waals surface area contributed by atoms with Gasteiger partial charge in [0.25, 0.3) is 0 Å². The van der Waals surface area contributed by atoms with E-state index in [9.17, 15) is 4.39 Å². The normalized spacial score (nSPS) is 11.0. The van der Waals surface area contributed by atoms with E-state index in [0.717, 1.165) is 11.1 Å². The molecule has 3 aromatic rings. The summed E-state index contributed by atoms with van der Waals surface area (Å²) in [7, 11) is 0. The van der Waals surface area contributed by atoms with Gasteiger partial charge in [0.2, 0.25) is 0 Å². The Morgan fingerprint density at radius 3 is 2.60 bits per heavy atom. The Morgan fingerprint density at radius 2 is 1.85 bits per heavy atom. The average molecular weight is 307 g/mol. The van der Waals surface area contributed by atoms with E-state index in [1.165, 1.54) is 12.1 Å². The summed E-state index contributed by atoms with van der Waals surface area (Å²) in [5.41, 5.74) is 1.98. The first kappa shape index (κ1) is 13.3. The molecule has 100 valence electrons. The summed E-state index contributed by atoms with van der Waals surface area (Å²) in [5, 5.41) is 0.822. The van der Waals surface area contributed by atoms with Crippen molar-refractivity contribution in [1.82, 2.24) is 9.97 Å². The second kappa shape index (κ2) is 5.00. The van der Waals surface area contributed by atoms with Gasteiger partial charge in [0.05, 0.1) is 10.4 Å². The number of benzene rings is 2. The zero-order valence-electron chi connectivity index (χ0n) is 10.5. The largest absolute Gasteiger partial charge is 0.225 e. The third-order valence-electron chi connectivity index (χ3n) is 2.98. The quantitative estimate of drug-likeness (QED) is 0.588. The van der Waals surface area contributed by atoms with Crippen LogP contribution in [0.3, 0.4) is 0 Å². The number of halogens is 3. The zero-order valence-corrected chi connectivity index (χ0v) is 12.0. The van der Waals surface area contributed by atoms with Crippen molar-refractivity contribution in [3.8, 4) is 11.4 Å². The molecule has 2 nitrogen and oxygen atoms in total. The molecule has 0 fully saturated rings. The van der Waals surface area contributed by atoms with Crippen LogP contribution in [0.4, 0.5) is 4.39 Å². The minimum absolute atomic E-state index is 0.133. The Balaban J connectivity index is 2.32. The van der Waals surface area contributed by atoms with Gasteiger partial charge in [-0.3, -0.25) is 0 Å². The number of fused-ring (bicyclic) bond motifs is 1. The second-order valence-electron chi connectivity index (χ2n) is 4.46. The van der Waals surface area contributed by atoms with Crippen LogP contribution in [0.5, 0.6) is 0 Å². The molecular formula is C15H9Cl2FN2. The standard InChI is InChI=1S/C15H9Cl2FN2/c1-8-3-2-4-9(7-8)15-19-13-11(18)6-5-10(16)12(13)14(17)20-15/h2-7H,1H3. The van der Waals surface area contributed by atoms with Gasteiger partial charge in [0, 0.05) is 5.56 Å². The van der Waals surface area contributed by atoms with Crippen LogP contribution in [0.15, 0.2) is 36.4 Å². The Morgan fingerprint density at radius 1 is 1.05 bits per heavy atom. The van der Waals surface area contributed by atoms with E-state index >= 15 is 0 Å². The van der Waals surface area contributed by atoms with Gasteiger partial charge in [-0.2, -0.15) is 0 Å². The molecule has 3 rings (SSSR count). The fraction of sp³-hybridized carbons (Fsp3) is 0.0667. The van der Waals surface area contributed by atoms with Crippen LogP contribution < -0.4 is 0 Å². The van der Waals surface area contributed by atoms with Crippen molar-refractivity contribution in [1.29, 1.82) is 0 Å². The number of aryl methyl sites for hydroxylation is 1. The molecule has 2 aromatic carbocycles. The summed E-state index contributed by atoms with van der Waals surface area (Å²) >= 11 is 12.2. The van der Waals surface area contributed by atoms with E-state index in [1.54, 1.807) is 0 Å². The zero-order chi connectivity index (χ0) is 14.3. The van der Waals surface area contributed by atoms with Gasteiger partial charge in [-0.15, -0.1) is 0 Å². The third kappa shape index (κ3) is 2.23. The predicted octanol–water partition coefficient (Wildman–Crippen LogP) is 5.05. The van der Waals surface area contributed by atoms with Gasteiger partial charge in [-0.1, -0.05) is 47.0 Å². The molecular weight excluding hydrogens is 298 g/mol. The molecule has 0 aliphatic rings. The first-order valence-corrected chi connectivity index (χ1v) is 6.70. The van der Waals surface area contributed by atoms with E-state index in [0.29, 0.717) is 16.2 Å². The van der Waals surface area contributed by atoms with Crippen LogP contribution in [-0.4, -0.2) is 9.97 Å². The van der Waals surface area contributed by atoms with Crippen molar-refractivity contribution >= 4 is 34.1 Å². The highest BCUT2D eigenvalue weighted by atomic mass is 35.5. The molecule has 0 amide bonds. The van der Waals surface area contributed by atoms with Gasteiger partial charge in [0.15, 0.2) is 5.82 Å². The number of rotatable bonds is 1. The number of hydrogen-bond acceptors (Lipinski definition) is 2. The predicted molar refractivity (Wildman–Crippen MR) is 79.7 cm³/mol. The summed E-state index contributed by atoms with van der Waals surface area (Å²) in [4.78, 5) is 8.47. The highest BCUT2D eigenvalue weighted by molar-refractivity contribution is 6.41. The Labute approximate surface area is 125 Å². The lowest BCUT2D eigenvalue weighted by atomic mass is 10.1. The first-order chi connectivity index (χ1) is 9.56. The molecule has 0 aliphatic carbocycles. The lowest BCUT2D eigenvalue weighted by Crippen LogP contribution is -1.95. The van der Waals surface area contributed by atoms with Crippen LogP contribution in [0.25, 0.3) is 22.3 Å². The van der Waals surface area contributed by atoms with Crippen LogP contribution >= 0.6 is 23.2 Å². The van der Waals surface area contributed by atoms with Crippen LogP contribution in [0, 0.1) is 12.7 Å². The topological polar surface area (TPSA) is 25.8 Å². The summed E-state index contributed by atoms with van der Waals surface area (Å²) in [6, 6.07) is 10.3. The maximum atomic E-state index is 13.9. The van der Waals surface area contributed by atoms with E-state index in [-0.39, 0.29) is 10.7 Å². The highest BCUT2D eigenvalue weighted by Gasteiger charge is 2.14. The molecule has 5 heteroatoms. The lowest BCUT2D eigenvalue weighted by Gasteiger charge is -2.07. The van der Waals surface area contributed by atoms with Gasteiger partial charge in [-0.25, -0.2) is 14.4 Å². The van der Waals surface area contributed by atoms with E-state index < -0.39 is 5.82 Å². The second-order valence-corrected chi connectivity index (χ2v) is 5.23. The van der Waals surface area contributed by atoms with E-state index in [1.807, 2.05) is 31.2 Å². The highest BCUT2D eigenvalue weighted by Crippen LogP contribution is 2.31. The summed E-state index contributed by atoms with van der Waals surface area (Å²) in [6.07, 6.45) is 0. The molecule has 0 aliphatic heterocycles. The van der Waals surface area contributed by atoms with Crippen LogP contribution in [0.2, 0.25) is 10.2 Å². The molecule has 1 aromatic heterocycles. The van der Waals surface area contributed by atoms with Crippen LogP contribution in [-0.2, 0) is 0 Å². The molecule has 0 radical (unpaired) electrons. The fourth-order valence-electron chi connectivity index (χ4n) is 2.04. The van der Waals surface area contributed by atoms with Crippen molar-refractivity contribution in [2.24, 2.45) is 0 Å². The van der Waals surface area contributed by atoms with E-state index in [4.69, 9.17) is 23.2 Å². The minimum atomic E-state index is -0.470. The average Bonchev–Trinajstić information content (AvgIpc) is 2.42. The molecule has 0 N–H and O–H groups in total.